The van der Waals surface area contributed by atoms with Gasteiger partial charge in [-0.2, -0.15) is 0 Å². The molecule has 0 bridgehead atoms. The topological polar surface area (TPSA) is 54.0 Å². The lowest BCUT2D eigenvalue weighted by Gasteiger charge is -2.21. The SMILES string of the molecule is Cc1ccc(-c2csc(NC(=O)C3CCCCN3)n2)s1.Cl. The van der Waals surface area contributed by atoms with E-state index in [-0.39, 0.29) is 24.4 Å². The molecule has 3 rings (SSSR count). The molecule has 7 heteroatoms. The standard InChI is InChI=1S/C14H17N3OS2.ClH/c1-9-5-6-12(20-9)11-8-19-14(16-11)17-13(18)10-4-2-3-7-15-10;/h5-6,8,10,15H,2-4,7H2,1H3,(H,16,17,18);1H. The molecule has 1 amide bonds. The van der Waals surface area contributed by atoms with Crippen LogP contribution in [0.15, 0.2) is 17.5 Å². The lowest BCUT2D eigenvalue weighted by atomic mass is 10.0. The van der Waals surface area contributed by atoms with Crippen molar-refractivity contribution in [2.24, 2.45) is 0 Å². The Morgan fingerprint density at radius 3 is 2.95 bits per heavy atom. The number of nitrogens with one attached hydrogen (secondary N) is 2. The Labute approximate surface area is 138 Å². The number of aromatic nitrogens is 1. The van der Waals surface area contributed by atoms with Gasteiger partial charge in [0, 0.05) is 10.3 Å². The summed E-state index contributed by atoms with van der Waals surface area (Å²) in [7, 11) is 0. The Kier molecular flexibility index (Phi) is 5.75. The van der Waals surface area contributed by atoms with E-state index in [0.29, 0.717) is 5.13 Å². The van der Waals surface area contributed by atoms with Crippen molar-refractivity contribution < 1.29 is 4.79 Å². The summed E-state index contributed by atoms with van der Waals surface area (Å²) in [5.41, 5.74) is 0.944. The van der Waals surface area contributed by atoms with Crippen molar-refractivity contribution in [3.63, 3.8) is 0 Å². The zero-order chi connectivity index (χ0) is 13.9. The number of thiazole rings is 1. The lowest BCUT2D eigenvalue weighted by molar-refractivity contribution is -0.118. The molecule has 0 aliphatic carbocycles. The van der Waals surface area contributed by atoms with Gasteiger partial charge in [0.25, 0.3) is 0 Å². The molecule has 2 N–H and O–H groups in total. The van der Waals surface area contributed by atoms with Crippen LogP contribution in [0.5, 0.6) is 0 Å². The van der Waals surface area contributed by atoms with Crippen LogP contribution < -0.4 is 10.6 Å². The number of rotatable bonds is 3. The van der Waals surface area contributed by atoms with E-state index in [1.165, 1.54) is 16.2 Å². The molecular formula is C14H18ClN3OS2. The van der Waals surface area contributed by atoms with E-state index in [0.717, 1.165) is 36.4 Å². The Hall–Kier alpha value is -0.950. The van der Waals surface area contributed by atoms with Gasteiger partial charge in [0.15, 0.2) is 5.13 Å². The van der Waals surface area contributed by atoms with E-state index in [4.69, 9.17) is 0 Å². The summed E-state index contributed by atoms with van der Waals surface area (Å²) in [6, 6.07) is 4.09. The Morgan fingerprint density at radius 2 is 2.29 bits per heavy atom. The highest BCUT2D eigenvalue weighted by Crippen LogP contribution is 2.30. The van der Waals surface area contributed by atoms with Crippen molar-refractivity contribution >= 4 is 46.1 Å². The minimum atomic E-state index is -0.0694. The maximum Gasteiger partial charge on any atom is 0.243 e. The van der Waals surface area contributed by atoms with Gasteiger partial charge in [0.1, 0.15) is 0 Å². The molecule has 1 atom stereocenters. The van der Waals surface area contributed by atoms with Gasteiger partial charge in [-0.25, -0.2) is 4.98 Å². The molecule has 0 spiro atoms. The highest BCUT2D eigenvalue weighted by Gasteiger charge is 2.21. The van der Waals surface area contributed by atoms with Crippen LogP contribution in [0.2, 0.25) is 0 Å². The van der Waals surface area contributed by atoms with Crippen LogP contribution in [0.4, 0.5) is 5.13 Å². The predicted molar refractivity (Wildman–Crippen MR) is 91.7 cm³/mol. The number of aryl methyl sites for hydroxylation is 1. The van der Waals surface area contributed by atoms with Crippen LogP contribution in [0, 0.1) is 6.92 Å². The second-order valence-corrected chi connectivity index (χ2v) is 7.09. The molecular weight excluding hydrogens is 326 g/mol. The smallest absolute Gasteiger partial charge is 0.243 e. The molecule has 1 aliphatic rings. The van der Waals surface area contributed by atoms with Crippen molar-refractivity contribution in [2.45, 2.75) is 32.2 Å². The molecule has 3 heterocycles. The molecule has 114 valence electrons. The number of thiophene rings is 1. The fourth-order valence-electron chi connectivity index (χ4n) is 2.28. The molecule has 1 fully saturated rings. The van der Waals surface area contributed by atoms with Gasteiger partial charge >= 0.3 is 0 Å². The van der Waals surface area contributed by atoms with E-state index < -0.39 is 0 Å². The molecule has 0 saturated carbocycles. The summed E-state index contributed by atoms with van der Waals surface area (Å²) in [4.78, 5) is 19.0. The number of carbonyl (C=O) groups excluding carboxylic acids is 1. The van der Waals surface area contributed by atoms with Gasteiger partial charge in [-0.3, -0.25) is 4.79 Å². The third kappa shape index (κ3) is 4.03. The zero-order valence-corrected chi connectivity index (χ0v) is 14.2. The molecule has 4 nitrogen and oxygen atoms in total. The number of hydrogen-bond acceptors (Lipinski definition) is 5. The second-order valence-electron chi connectivity index (χ2n) is 4.94. The summed E-state index contributed by atoms with van der Waals surface area (Å²) >= 11 is 3.20. The first kappa shape index (κ1) is 16.4. The molecule has 1 unspecified atom stereocenters. The van der Waals surface area contributed by atoms with Crippen molar-refractivity contribution in [1.82, 2.24) is 10.3 Å². The minimum Gasteiger partial charge on any atom is -0.306 e. The molecule has 0 aromatic carbocycles. The maximum atomic E-state index is 12.1. The lowest BCUT2D eigenvalue weighted by Crippen LogP contribution is -2.43. The maximum absolute atomic E-state index is 12.1. The fraction of sp³-hybridized carbons (Fsp3) is 0.429. The van der Waals surface area contributed by atoms with Gasteiger partial charge in [0.05, 0.1) is 16.6 Å². The average Bonchev–Trinajstić information content (AvgIpc) is 3.09. The van der Waals surface area contributed by atoms with Gasteiger partial charge in [-0.1, -0.05) is 6.42 Å². The van der Waals surface area contributed by atoms with Crippen LogP contribution in [0.3, 0.4) is 0 Å². The van der Waals surface area contributed by atoms with Gasteiger partial charge < -0.3 is 10.6 Å². The number of amides is 1. The molecule has 1 saturated heterocycles. The highest BCUT2D eigenvalue weighted by atomic mass is 35.5. The highest BCUT2D eigenvalue weighted by molar-refractivity contribution is 7.17. The summed E-state index contributed by atoms with van der Waals surface area (Å²) in [5.74, 6) is 0.0351. The first-order valence-electron chi connectivity index (χ1n) is 6.79. The second kappa shape index (κ2) is 7.35. The monoisotopic (exact) mass is 343 g/mol. The summed E-state index contributed by atoms with van der Waals surface area (Å²) < 4.78 is 0. The van der Waals surface area contributed by atoms with Crippen molar-refractivity contribution in [1.29, 1.82) is 0 Å². The fourth-order valence-corrected chi connectivity index (χ4v) is 3.90. The van der Waals surface area contributed by atoms with E-state index in [1.54, 1.807) is 11.3 Å². The number of nitrogens with zero attached hydrogens (tertiary/aromatic N) is 1. The third-order valence-electron chi connectivity index (χ3n) is 3.35. The Bertz CT molecular complexity index is 605. The zero-order valence-electron chi connectivity index (χ0n) is 11.7. The summed E-state index contributed by atoms with van der Waals surface area (Å²) in [5, 5.41) is 8.85. The van der Waals surface area contributed by atoms with Gasteiger partial charge in [0.2, 0.25) is 5.91 Å². The van der Waals surface area contributed by atoms with Crippen molar-refractivity contribution in [2.75, 3.05) is 11.9 Å². The van der Waals surface area contributed by atoms with E-state index >= 15 is 0 Å². The number of halogens is 1. The van der Waals surface area contributed by atoms with Crippen LogP contribution in [0.25, 0.3) is 10.6 Å². The minimum absolute atomic E-state index is 0. The number of anilines is 1. The largest absolute Gasteiger partial charge is 0.306 e. The average molecular weight is 344 g/mol. The molecule has 21 heavy (non-hydrogen) atoms. The quantitative estimate of drug-likeness (QED) is 0.893. The summed E-state index contributed by atoms with van der Waals surface area (Å²) in [6.45, 7) is 3.01. The van der Waals surface area contributed by atoms with E-state index in [9.17, 15) is 4.79 Å². The van der Waals surface area contributed by atoms with Crippen molar-refractivity contribution in [3.05, 3.63) is 22.4 Å². The number of carbonyl (C=O) groups is 1. The first-order valence-corrected chi connectivity index (χ1v) is 8.48. The normalized spacial score (nSPS) is 18.0. The molecule has 2 aromatic rings. The molecule has 2 aromatic heterocycles. The number of piperidine rings is 1. The number of hydrogen-bond donors (Lipinski definition) is 2. The summed E-state index contributed by atoms with van der Waals surface area (Å²) in [6.07, 6.45) is 3.18. The van der Waals surface area contributed by atoms with Crippen LogP contribution >= 0.6 is 35.1 Å². The molecule has 1 aliphatic heterocycles. The molecule has 0 radical (unpaired) electrons. The van der Waals surface area contributed by atoms with Gasteiger partial charge in [-0.15, -0.1) is 35.1 Å². The van der Waals surface area contributed by atoms with Crippen LogP contribution in [-0.4, -0.2) is 23.5 Å². The van der Waals surface area contributed by atoms with E-state index in [1.807, 2.05) is 5.38 Å². The Balaban J connectivity index is 0.00000161. The van der Waals surface area contributed by atoms with E-state index in [2.05, 4.69) is 34.7 Å². The first-order chi connectivity index (χ1) is 9.72. The predicted octanol–water partition coefficient (Wildman–Crippen LogP) is 3.68. The third-order valence-corrected chi connectivity index (χ3v) is 5.13. The van der Waals surface area contributed by atoms with Crippen molar-refractivity contribution in [3.8, 4) is 10.6 Å². The Morgan fingerprint density at radius 1 is 1.43 bits per heavy atom. The van der Waals surface area contributed by atoms with Crippen LogP contribution in [-0.2, 0) is 4.79 Å². The van der Waals surface area contributed by atoms with Gasteiger partial charge in [-0.05, 0) is 38.4 Å². The van der Waals surface area contributed by atoms with Crippen LogP contribution in [0.1, 0.15) is 24.1 Å².